The van der Waals surface area contributed by atoms with Crippen LogP contribution in [0, 0.1) is 5.92 Å². The molecular formula is C21H23F3N2O2S. The van der Waals surface area contributed by atoms with Crippen LogP contribution in [0.25, 0.3) is 0 Å². The average molecular weight is 424 g/mol. The fourth-order valence-electron chi connectivity index (χ4n) is 3.37. The first-order valence-corrected chi connectivity index (χ1v) is 10.4. The fraction of sp³-hybridized carbons (Fsp3) is 0.429. The lowest BCUT2D eigenvalue weighted by molar-refractivity contribution is -0.184. The minimum Gasteiger partial charge on any atom is -0.338 e. The maximum absolute atomic E-state index is 13.0. The van der Waals surface area contributed by atoms with Gasteiger partial charge in [0.25, 0.3) is 11.8 Å². The summed E-state index contributed by atoms with van der Waals surface area (Å²) in [5.74, 6) is -2.00. The van der Waals surface area contributed by atoms with E-state index in [2.05, 4.69) is 19.2 Å². The van der Waals surface area contributed by atoms with Gasteiger partial charge in [-0.2, -0.15) is 13.2 Å². The van der Waals surface area contributed by atoms with E-state index in [0.717, 1.165) is 5.56 Å². The van der Waals surface area contributed by atoms with Crippen molar-refractivity contribution in [3.8, 4) is 0 Å². The number of anilines is 1. The van der Waals surface area contributed by atoms with Crippen molar-refractivity contribution in [3.63, 3.8) is 0 Å². The summed E-state index contributed by atoms with van der Waals surface area (Å²) >= 11 is 1.18. The lowest BCUT2D eigenvalue weighted by atomic mass is 9.97. The summed E-state index contributed by atoms with van der Waals surface area (Å²) in [7, 11) is 0. The predicted octanol–water partition coefficient (Wildman–Crippen LogP) is 5.54. The molecule has 4 nitrogen and oxygen atoms in total. The third kappa shape index (κ3) is 4.98. The number of halogens is 3. The molecule has 1 aliphatic heterocycles. The number of likely N-dealkylation sites (tertiary alicyclic amines) is 1. The predicted molar refractivity (Wildman–Crippen MR) is 107 cm³/mol. The molecule has 1 saturated heterocycles. The second kappa shape index (κ2) is 8.57. The molecule has 29 heavy (non-hydrogen) atoms. The Morgan fingerprint density at radius 1 is 1.17 bits per heavy atom. The van der Waals surface area contributed by atoms with E-state index in [1.807, 2.05) is 12.1 Å². The van der Waals surface area contributed by atoms with E-state index in [9.17, 15) is 22.8 Å². The molecule has 1 aromatic heterocycles. The number of hydrogen-bond acceptors (Lipinski definition) is 3. The topological polar surface area (TPSA) is 49.4 Å². The van der Waals surface area contributed by atoms with Gasteiger partial charge in [0.1, 0.15) is 5.00 Å². The molecule has 3 rings (SSSR count). The Bertz CT molecular complexity index is 875. The molecule has 1 unspecified atom stereocenters. The number of amides is 2. The molecule has 0 saturated carbocycles. The molecule has 1 atom stereocenters. The lowest BCUT2D eigenvalue weighted by Gasteiger charge is -2.33. The van der Waals surface area contributed by atoms with E-state index in [4.69, 9.17) is 0 Å². The number of piperidine rings is 1. The molecule has 1 aliphatic rings. The fourth-order valence-corrected chi connectivity index (χ4v) is 4.14. The molecule has 0 bridgehead atoms. The zero-order chi connectivity index (χ0) is 21.2. The van der Waals surface area contributed by atoms with Crippen molar-refractivity contribution in [2.75, 3.05) is 18.4 Å². The van der Waals surface area contributed by atoms with Crippen LogP contribution < -0.4 is 5.32 Å². The monoisotopic (exact) mass is 424 g/mol. The van der Waals surface area contributed by atoms with Gasteiger partial charge >= 0.3 is 6.18 Å². The zero-order valence-electron chi connectivity index (χ0n) is 16.3. The highest BCUT2D eigenvalue weighted by Crippen LogP contribution is 2.34. The van der Waals surface area contributed by atoms with Crippen molar-refractivity contribution in [2.45, 2.75) is 38.8 Å². The third-order valence-electron chi connectivity index (χ3n) is 5.13. The largest absolute Gasteiger partial charge is 0.393 e. The summed E-state index contributed by atoms with van der Waals surface area (Å²) < 4.78 is 39.1. The summed E-state index contributed by atoms with van der Waals surface area (Å²) in [6.07, 6.45) is -3.97. The maximum Gasteiger partial charge on any atom is 0.393 e. The Hall–Kier alpha value is -2.35. The number of nitrogens with one attached hydrogen (secondary N) is 1. The number of hydrogen-bond donors (Lipinski definition) is 1. The van der Waals surface area contributed by atoms with E-state index in [0.29, 0.717) is 22.9 Å². The number of thiophene rings is 1. The molecule has 2 amide bonds. The molecule has 8 heteroatoms. The Morgan fingerprint density at radius 3 is 2.48 bits per heavy atom. The van der Waals surface area contributed by atoms with Gasteiger partial charge in [0.15, 0.2) is 0 Å². The van der Waals surface area contributed by atoms with E-state index in [1.165, 1.54) is 16.2 Å². The average Bonchev–Trinajstić information content (AvgIpc) is 3.15. The first-order valence-electron chi connectivity index (χ1n) is 9.51. The van der Waals surface area contributed by atoms with Gasteiger partial charge < -0.3 is 10.2 Å². The summed E-state index contributed by atoms with van der Waals surface area (Å²) in [4.78, 5) is 26.6. The van der Waals surface area contributed by atoms with Gasteiger partial charge in [0, 0.05) is 18.7 Å². The molecule has 1 N–H and O–H groups in total. The Labute approximate surface area is 171 Å². The highest BCUT2D eigenvalue weighted by atomic mass is 32.1. The zero-order valence-corrected chi connectivity index (χ0v) is 17.1. The van der Waals surface area contributed by atoms with Gasteiger partial charge in [-0.25, -0.2) is 0 Å². The van der Waals surface area contributed by atoms with Crippen LogP contribution in [0.1, 0.15) is 58.9 Å². The van der Waals surface area contributed by atoms with Crippen molar-refractivity contribution in [3.05, 3.63) is 52.4 Å². The van der Waals surface area contributed by atoms with Gasteiger partial charge in [0.2, 0.25) is 0 Å². The minimum absolute atomic E-state index is 0.0346. The Kier molecular flexibility index (Phi) is 6.31. The minimum atomic E-state index is -4.31. The Morgan fingerprint density at radius 2 is 1.86 bits per heavy atom. The number of carbonyl (C=O) groups excluding carboxylic acids is 2. The van der Waals surface area contributed by atoms with Gasteiger partial charge in [-0.05, 0) is 47.9 Å². The summed E-state index contributed by atoms with van der Waals surface area (Å²) in [6, 6.07) is 8.74. The standard InChI is InChI=1S/C21H23F3N2O2S/c1-13(2)14-5-7-15(8-6-14)18(27)25-19-17(9-11-29-19)20(28)26-10-3-4-16(12-26)21(22,23)24/h5-9,11,13,16H,3-4,10,12H2,1-2H3,(H,25,27). The molecule has 1 aromatic carbocycles. The van der Waals surface area contributed by atoms with Crippen LogP contribution in [-0.2, 0) is 0 Å². The van der Waals surface area contributed by atoms with Crippen molar-refractivity contribution in [1.29, 1.82) is 0 Å². The molecule has 2 aromatic rings. The van der Waals surface area contributed by atoms with E-state index in [-0.39, 0.29) is 31.0 Å². The van der Waals surface area contributed by atoms with Crippen molar-refractivity contribution in [2.24, 2.45) is 5.92 Å². The molecular weight excluding hydrogens is 401 g/mol. The van der Waals surface area contributed by atoms with Gasteiger partial charge in [0.05, 0.1) is 11.5 Å². The molecule has 0 spiro atoms. The van der Waals surface area contributed by atoms with Crippen LogP contribution >= 0.6 is 11.3 Å². The van der Waals surface area contributed by atoms with E-state index < -0.39 is 18.0 Å². The van der Waals surface area contributed by atoms with Crippen molar-refractivity contribution >= 4 is 28.2 Å². The molecule has 1 fully saturated rings. The lowest BCUT2D eigenvalue weighted by Crippen LogP contribution is -2.44. The second-order valence-corrected chi connectivity index (χ2v) is 8.44. The second-order valence-electron chi connectivity index (χ2n) is 7.53. The molecule has 0 aliphatic carbocycles. The van der Waals surface area contributed by atoms with Crippen LogP contribution in [0.2, 0.25) is 0 Å². The number of alkyl halides is 3. The molecule has 0 radical (unpaired) electrons. The normalized spacial score (nSPS) is 17.4. The Balaban J connectivity index is 1.71. The SMILES string of the molecule is CC(C)c1ccc(C(=O)Nc2sccc2C(=O)N2CCCC(C(F)(F)F)C2)cc1. The summed E-state index contributed by atoms with van der Waals surface area (Å²) in [5.41, 5.74) is 1.79. The van der Waals surface area contributed by atoms with Crippen molar-refractivity contribution in [1.82, 2.24) is 4.90 Å². The molecule has 2 heterocycles. The highest BCUT2D eigenvalue weighted by molar-refractivity contribution is 7.14. The highest BCUT2D eigenvalue weighted by Gasteiger charge is 2.43. The number of rotatable bonds is 4. The summed E-state index contributed by atoms with van der Waals surface area (Å²) in [6.45, 7) is 4.05. The first kappa shape index (κ1) is 21.4. The number of carbonyl (C=O) groups is 2. The molecule has 156 valence electrons. The van der Waals surface area contributed by atoms with E-state index in [1.54, 1.807) is 23.6 Å². The van der Waals surface area contributed by atoms with Crippen LogP contribution in [0.4, 0.5) is 18.2 Å². The van der Waals surface area contributed by atoms with Crippen LogP contribution in [0.15, 0.2) is 35.7 Å². The maximum atomic E-state index is 13.0. The number of nitrogens with zero attached hydrogens (tertiary/aromatic N) is 1. The van der Waals surface area contributed by atoms with E-state index >= 15 is 0 Å². The van der Waals surface area contributed by atoms with Crippen LogP contribution in [0.3, 0.4) is 0 Å². The van der Waals surface area contributed by atoms with Gasteiger partial charge in [-0.1, -0.05) is 26.0 Å². The van der Waals surface area contributed by atoms with Crippen LogP contribution in [0.5, 0.6) is 0 Å². The van der Waals surface area contributed by atoms with Gasteiger partial charge in [-0.3, -0.25) is 9.59 Å². The first-order chi connectivity index (χ1) is 13.7. The van der Waals surface area contributed by atoms with Crippen molar-refractivity contribution < 1.29 is 22.8 Å². The smallest absolute Gasteiger partial charge is 0.338 e. The third-order valence-corrected chi connectivity index (χ3v) is 5.96. The summed E-state index contributed by atoms with van der Waals surface area (Å²) in [5, 5.41) is 4.72. The van der Waals surface area contributed by atoms with Gasteiger partial charge in [-0.15, -0.1) is 11.3 Å². The number of benzene rings is 1. The van der Waals surface area contributed by atoms with Crippen LogP contribution in [-0.4, -0.2) is 36.0 Å². The quantitative estimate of drug-likeness (QED) is 0.701.